The number of rotatable bonds is 6. The number of amides is 1. The van der Waals surface area contributed by atoms with Gasteiger partial charge in [0.15, 0.2) is 0 Å². The van der Waals surface area contributed by atoms with Crippen molar-refractivity contribution in [2.75, 3.05) is 32.7 Å². The Labute approximate surface area is 167 Å². The molecule has 1 aliphatic rings. The molecule has 1 saturated heterocycles. The van der Waals surface area contributed by atoms with Crippen LogP contribution in [0.3, 0.4) is 0 Å². The van der Waals surface area contributed by atoms with Crippen molar-refractivity contribution < 1.29 is 26.4 Å². The third-order valence-electron chi connectivity index (χ3n) is 4.59. The Hall–Kier alpha value is -1.36. The molecule has 2 rings (SSSR count). The fraction of sp³-hybridized carbons (Fsp3) is 0.588. The highest BCUT2D eigenvalue weighted by Gasteiger charge is 2.35. The van der Waals surface area contributed by atoms with Gasteiger partial charge in [0.25, 0.3) is 0 Å². The van der Waals surface area contributed by atoms with Crippen molar-refractivity contribution in [1.82, 2.24) is 14.5 Å². The second kappa shape index (κ2) is 8.98. The van der Waals surface area contributed by atoms with Crippen molar-refractivity contribution in [1.29, 1.82) is 0 Å². The molecule has 0 aliphatic carbocycles. The van der Waals surface area contributed by atoms with Crippen molar-refractivity contribution in [2.24, 2.45) is 0 Å². The Bertz CT molecular complexity index is 810. The summed E-state index contributed by atoms with van der Waals surface area (Å²) in [6.45, 7) is 4.70. The van der Waals surface area contributed by atoms with Crippen LogP contribution in [0.1, 0.15) is 25.8 Å². The molecule has 158 valence electrons. The molecule has 1 aromatic rings. The quantitative estimate of drug-likeness (QED) is 0.736. The van der Waals surface area contributed by atoms with Crippen molar-refractivity contribution in [3.8, 4) is 0 Å². The number of hydrogen-bond donors (Lipinski definition) is 1. The average molecular weight is 442 g/mol. The molecule has 0 aromatic heterocycles. The molecule has 1 fully saturated rings. The first kappa shape index (κ1) is 22.9. The van der Waals surface area contributed by atoms with Gasteiger partial charge in [-0.3, -0.25) is 9.69 Å². The largest absolute Gasteiger partial charge is 0.416 e. The van der Waals surface area contributed by atoms with Crippen LogP contribution in [0, 0.1) is 0 Å². The zero-order chi connectivity index (χ0) is 21.1. The van der Waals surface area contributed by atoms with Crippen molar-refractivity contribution in [3.05, 3.63) is 28.8 Å². The number of hydrogen-bond acceptors (Lipinski definition) is 4. The molecular formula is C17H23ClF3N3O3S. The van der Waals surface area contributed by atoms with Crippen LogP contribution in [0.25, 0.3) is 0 Å². The third-order valence-corrected chi connectivity index (χ3v) is 6.97. The second-order valence-corrected chi connectivity index (χ2v) is 9.01. The Morgan fingerprint density at radius 1 is 1.25 bits per heavy atom. The molecule has 0 radical (unpaired) electrons. The molecular weight excluding hydrogens is 419 g/mol. The molecule has 11 heteroatoms. The van der Waals surface area contributed by atoms with Gasteiger partial charge >= 0.3 is 6.18 Å². The van der Waals surface area contributed by atoms with Crippen LogP contribution in [-0.4, -0.2) is 62.3 Å². The number of benzene rings is 1. The lowest BCUT2D eigenvalue weighted by molar-refractivity contribution is -0.137. The van der Waals surface area contributed by atoms with E-state index in [4.69, 9.17) is 11.6 Å². The topological polar surface area (TPSA) is 69.7 Å². The first-order valence-corrected chi connectivity index (χ1v) is 10.7. The molecule has 0 saturated carbocycles. The lowest BCUT2D eigenvalue weighted by Crippen LogP contribution is -2.51. The SMILES string of the molecule is CCC(C)NC(=O)CN1CCN(S(=O)(=O)c2cc(C(F)(F)F)ccc2Cl)CC1. The molecule has 1 aliphatic heterocycles. The van der Waals surface area contributed by atoms with Gasteiger partial charge in [0.2, 0.25) is 15.9 Å². The Morgan fingerprint density at radius 3 is 2.39 bits per heavy atom. The average Bonchev–Trinajstić information content (AvgIpc) is 2.61. The Kier molecular flexibility index (Phi) is 7.35. The minimum absolute atomic E-state index is 0.0530. The van der Waals surface area contributed by atoms with Crippen molar-refractivity contribution in [2.45, 2.75) is 37.4 Å². The molecule has 1 heterocycles. The summed E-state index contributed by atoms with van der Waals surface area (Å²) in [6.07, 6.45) is -3.87. The summed E-state index contributed by atoms with van der Waals surface area (Å²) < 4.78 is 65.4. The van der Waals surface area contributed by atoms with Crippen LogP contribution in [0.5, 0.6) is 0 Å². The number of alkyl halides is 3. The maximum absolute atomic E-state index is 12.9. The maximum Gasteiger partial charge on any atom is 0.416 e. The van der Waals surface area contributed by atoms with Gasteiger partial charge in [0.05, 0.1) is 17.1 Å². The van der Waals surface area contributed by atoms with Crippen LogP contribution < -0.4 is 5.32 Å². The van der Waals surface area contributed by atoms with Gasteiger partial charge in [0.1, 0.15) is 4.90 Å². The van der Waals surface area contributed by atoms with Gasteiger partial charge < -0.3 is 5.32 Å². The number of sulfonamides is 1. The highest BCUT2D eigenvalue weighted by molar-refractivity contribution is 7.89. The summed E-state index contributed by atoms with van der Waals surface area (Å²) in [6, 6.07) is 2.29. The van der Waals surface area contributed by atoms with Crippen LogP contribution in [-0.2, 0) is 21.0 Å². The van der Waals surface area contributed by atoms with Crippen LogP contribution in [0.4, 0.5) is 13.2 Å². The van der Waals surface area contributed by atoms with Crippen LogP contribution >= 0.6 is 11.6 Å². The van der Waals surface area contributed by atoms with E-state index < -0.39 is 26.7 Å². The van der Waals surface area contributed by atoms with Crippen molar-refractivity contribution in [3.63, 3.8) is 0 Å². The van der Waals surface area contributed by atoms with E-state index in [0.29, 0.717) is 19.2 Å². The number of nitrogens with one attached hydrogen (secondary N) is 1. The van der Waals surface area contributed by atoms with E-state index in [1.165, 1.54) is 0 Å². The van der Waals surface area contributed by atoms with Gasteiger partial charge in [-0.15, -0.1) is 0 Å². The molecule has 1 atom stereocenters. The fourth-order valence-electron chi connectivity index (χ4n) is 2.77. The minimum atomic E-state index is -4.67. The second-order valence-electron chi connectivity index (χ2n) is 6.70. The normalized spacial score (nSPS) is 18.1. The molecule has 0 spiro atoms. The van der Waals surface area contributed by atoms with Gasteiger partial charge in [-0.2, -0.15) is 17.5 Å². The summed E-state index contributed by atoms with van der Waals surface area (Å²) in [4.78, 5) is 13.2. The molecule has 1 unspecified atom stereocenters. The number of carbonyl (C=O) groups excluding carboxylic acids is 1. The van der Waals surface area contributed by atoms with E-state index in [1.54, 1.807) is 4.90 Å². The molecule has 1 amide bonds. The minimum Gasteiger partial charge on any atom is -0.353 e. The number of carbonyl (C=O) groups is 1. The van der Waals surface area contributed by atoms with Gasteiger partial charge in [-0.05, 0) is 31.5 Å². The van der Waals surface area contributed by atoms with E-state index in [1.807, 2.05) is 13.8 Å². The summed E-state index contributed by atoms with van der Waals surface area (Å²) >= 11 is 5.87. The number of nitrogens with zero attached hydrogens (tertiary/aromatic N) is 2. The van der Waals surface area contributed by atoms with E-state index in [2.05, 4.69) is 5.32 Å². The zero-order valence-electron chi connectivity index (χ0n) is 15.6. The van der Waals surface area contributed by atoms with E-state index in [0.717, 1.165) is 22.9 Å². The molecule has 6 nitrogen and oxygen atoms in total. The molecule has 1 N–H and O–H groups in total. The maximum atomic E-state index is 12.9. The summed E-state index contributed by atoms with van der Waals surface area (Å²) in [5.41, 5.74) is -1.07. The summed E-state index contributed by atoms with van der Waals surface area (Å²) in [7, 11) is -4.18. The molecule has 1 aromatic carbocycles. The van der Waals surface area contributed by atoms with Crippen LogP contribution in [0.15, 0.2) is 23.1 Å². The van der Waals surface area contributed by atoms with E-state index in [9.17, 15) is 26.4 Å². The molecule has 28 heavy (non-hydrogen) atoms. The lowest BCUT2D eigenvalue weighted by Gasteiger charge is -2.34. The predicted molar refractivity (Wildman–Crippen MR) is 99.5 cm³/mol. The smallest absolute Gasteiger partial charge is 0.353 e. The highest BCUT2D eigenvalue weighted by atomic mass is 35.5. The van der Waals surface area contributed by atoms with Crippen molar-refractivity contribution >= 4 is 27.5 Å². The fourth-order valence-corrected chi connectivity index (χ4v) is 4.69. The molecule has 0 bridgehead atoms. The Morgan fingerprint density at radius 2 is 1.86 bits per heavy atom. The summed E-state index contributed by atoms with van der Waals surface area (Å²) in [5, 5.41) is 2.57. The lowest BCUT2D eigenvalue weighted by atomic mass is 10.2. The standard InChI is InChI=1S/C17H23ClF3N3O3S/c1-3-12(2)22-16(25)11-23-6-8-24(9-7-23)28(26,27)15-10-13(17(19,20)21)4-5-14(15)18/h4-5,10,12H,3,6-9,11H2,1-2H3,(H,22,25). The van der Waals surface area contributed by atoms with Crippen LogP contribution in [0.2, 0.25) is 5.02 Å². The predicted octanol–water partition coefficient (Wildman–Crippen LogP) is 2.58. The van der Waals surface area contributed by atoms with Gasteiger partial charge in [-0.1, -0.05) is 18.5 Å². The summed E-state index contributed by atoms with van der Waals surface area (Å²) in [5.74, 6) is -0.147. The first-order valence-electron chi connectivity index (χ1n) is 8.83. The zero-order valence-corrected chi connectivity index (χ0v) is 17.2. The van der Waals surface area contributed by atoms with E-state index >= 15 is 0 Å². The van der Waals surface area contributed by atoms with Gasteiger partial charge in [-0.25, -0.2) is 8.42 Å². The number of halogens is 4. The first-order chi connectivity index (χ1) is 12.9. The van der Waals surface area contributed by atoms with E-state index in [-0.39, 0.29) is 36.6 Å². The Balaban J connectivity index is 2.06. The number of piperazine rings is 1. The van der Waals surface area contributed by atoms with Gasteiger partial charge in [0, 0.05) is 32.2 Å². The highest BCUT2D eigenvalue weighted by Crippen LogP contribution is 2.34. The monoisotopic (exact) mass is 441 g/mol. The third kappa shape index (κ3) is 5.59.